The Labute approximate surface area is 148 Å². The zero-order valence-corrected chi connectivity index (χ0v) is 14.9. The SMILES string of the molecule is CCCn1c(SC(C)C(=O)NC2CC2)nc2ccc(C(F)(F)F)cc21. The topological polar surface area (TPSA) is 46.9 Å². The third-order valence-corrected chi connectivity index (χ3v) is 5.15. The molecule has 1 aromatic carbocycles. The van der Waals surface area contributed by atoms with Crippen molar-refractivity contribution in [2.45, 2.75) is 62.3 Å². The van der Waals surface area contributed by atoms with Crippen molar-refractivity contribution < 1.29 is 18.0 Å². The summed E-state index contributed by atoms with van der Waals surface area (Å²) in [5, 5.41) is 3.17. The van der Waals surface area contributed by atoms with E-state index in [1.165, 1.54) is 17.8 Å². The number of hydrogen-bond donors (Lipinski definition) is 1. The van der Waals surface area contributed by atoms with Gasteiger partial charge in [-0.3, -0.25) is 4.79 Å². The molecule has 1 N–H and O–H groups in total. The van der Waals surface area contributed by atoms with Crippen molar-refractivity contribution in [1.29, 1.82) is 0 Å². The van der Waals surface area contributed by atoms with Crippen LogP contribution in [0.5, 0.6) is 0 Å². The van der Waals surface area contributed by atoms with Crippen molar-refractivity contribution >= 4 is 28.7 Å². The van der Waals surface area contributed by atoms with Crippen molar-refractivity contribution in [3.63, 3.8) is 0 Å². The van der Waals surface area contributed by atoms with E-state index in [0.717, 1.165) is 31.4 Å². The first-order valence-corrected chi connectivity index (χ1v) is 9.22. The van der Waals surface area contributed by atoms with Gasteiger partial charge in [-0.05, 0) is 44.4 Å². The van der Waals surface area contributed by atoms with Gasteiger partial charge in [0, 0.05) is 12.6 Å². The normalized spacial score (nSPS) is 16.2. The summed E-state index contributed by atoms with van der Waals surface area (Å²) in [4.78, 5) is 16.6. The van der Waals surface area contributed by atoms with Gasteiger partial charge in [-0.1, -0.05) is 18.7 Å². The lowest BCUT2D eigenvalue weighted by Crippen LogP contribution is -2.32. The predicted octanol–water partition coefficient (Wildman–Crippen LogP) is 4.22. The van der Waals surface area contributed by atoms with Gasteiger partial charge in [0.15, 0.2) is 5.16 Å². The van der Waals surface area contributed by atoms with Gasteiger partial charge in [0.25, 0.3) is 0 Å². The van der Waals surface area contributed by atoms with Gasteiger partial charge in [0.1, 0.15) is 0 Å². The van der Waals surface area contributed by atoms with Gasteiger partial charge in [0.2, 0.25) is 5.91 Å². The van der Waals surface area contributed by atoms with Gasteiger partial charge in [-0.2, -0.15) is 13.2 Å². The molecule has 0 bridgehead atoms. The highest BCUT2D eigenvalue weighted by Crippen LogP contribution is 2.34. The summed E-state index contributed by atoms with van der Waals surface area (Å²) in [6.07, 6.45) is -1.60. The van der Waals surface area contributed by atoms with Crippen LogP contribution in [-0.2, 0) is 17.5 Å². The van der Waals surface area contributed by atoms with Crippen LogP contribution in [-0.4, -0.2) is 26.8 Å². The Kier molecular flexibility index (Phi) is 4.99. The molecule has 1 amide bonds. The van der Waals surface area contributed by atoms with E-state index in [4.69, 9.17) is 0 Å². The number of benzene rings is 1. The van der Waals surface area contributed by atoms with E-state index in [0.29, 0.717) is 22.7 Å². The largest absolute Gasteiger partial charge is 0.416 e. The highest BCUT2D eigenvalue weighted by Gasteiger charge is 2.31. The second-order valence-corrected chi connectivity index (χ2v) is 7.60. The number of carbonyl (C=O) groups excluding carboxylic acids is 1. The summed E-state index contributed by atoms with van der Waals surface area (Å²) in [5.74, 6) is -0.0569. The number of nitrogens with zero attached hydrogens (tertiary/aromatic N) is 2. The van der Waals surface area contributed by atoms with Gasteiger partial charge in [-0.25, -0.2) is 4.98 Å². The zero-order chi connectivity index (χ0) is 18.2. The fourth-order valence-corrected chi connectivity index (χ4v) is 3.52. The molecule has 1 aliphatic rings. The van der Waals surface area contributed by atoms with E-state index in [1.54, 1.807) is 11.5 Å². The molecule has 0 saturated heterocycles. The number of nitrogens with one attached hydrogen (secondary N) is 1. The third kappa shape index (κ3) is 4.11. The smallest absolute Gasteiger partial charge is 0.352 e. The van der Waals surface area contributed by atoms with Crippen molar-refractivity contribution in [1.82, 2.24) is 14.9 Å². The Morgan fingerprint density at radius 2 is 2.16 bits per heavy atom. The molecule has 1 aliphatic carbocycles. The lowest BCUT2D eigenvalue weighted by Gasteiger charge is -2.13. The fourth-order valence-electron chi connectivity index (χ4n) is 2.56. The maximum Gasteiger partial charge on any atom is 0.416 e. The summed E-state index contributed by atoms with van der Waals surface area (Å²) >= 11 is 1.29. The van der Waals surface area contributed by atoms with Crippen molar-refractivity contribution in [2.24, 2.45) is 0 Å². The molecule has 8 heteroatoms. The standard InChI is InChI=1S/C17H20F3N3OS/c1-3-8-23-14-9-11(17(18,19)20)4-7-13(14)22-16(23)25-10(2)15(24)21-12-5-6-12/h4,7,9-10,12H,3,5-6,8H2,1-2H3,(H,21,24). The van der Waals surface area contributed by atoms with Crippen LogP contribution in [0.4, 0.5) is 13.2 Å². The number of fused-ring (bicyclic) bond motifs is 1. The van der Waals surface area contributed by atoms with E-state index in [-0.39, 0.29) is 17.2 Å². The van der Waals surface area contributed by atoms with E-state index < -0.39 is 11.7 Å². The highest BCUT2D eigenvalue weighted by atomic mass is 32.2. The monoisotopic (exact) mass is 371 g/mol. The second-order valence-electron chi connectivity index (χ2n) is 6.29. The molecule has 0 spiro atoms. The molecule has 1 heterocycles. The number of halogens is 3. The molecule has 0 radical (unpaired) electrons. The number of amides is 1. The van der Waals surface area contributed by atoms with E-state index in [1.807, 2.05) is 6.92 Å². The maximum atomic E-state index is 13.0. The number of hydrogen-bond acceptors (Lipinski definition) is 3. The molecule has 1 atom stereocenters. The number of alkyl halides is 3. The van der Waals surface area contributed by atoms with Crippen LogP contribution >= 0.6 is 11.8 Å². The Bertz CT molecular complexity index is 783. The van der Waals surface area contributed by atoms with Crippen molar-refractivity contribution in [3.8, 4) is 0 Å². The molecule has 0 aliphatic heterocycles. The highest BCUT2D eigenvalue weighted by molar-refractivity contribution is 8.00. The van der Waals surface area contributed by atoms with E-state index in [2.05, 4.69) is 10.3 Å². The molecule has 3 rings (SSSR count). The van der Waals surface area contributed by atoms with E-state index in [9.17, 15) is 18.0 Å². The van der Waals surface area contributed by atoms with Gasteiger partial charge >= 0.3 is 6.18 Å². The number of aryl methyl sites for hydroxylation is 1. The molecular formula is C17H20F3N3OS. The molecular weight excluding hydrogens is 351 g/mol. The first-order chi connectivity index (χ1) is 11.8. The molecule has 1 unspecified atom stereocenters. The van der Waals surface area contributed by atoms with E-state index >= 15 is 0 Å². The maximum absolute atomic E-state index is 13.0. The Morgan fingerprint density at radius 3 is 2.76 bits per heavy atom. The molecule has 25 heavy (non-hydrogen) atoms. The predicted molar refractivity (Wildman–Crippen MR) is 91.5 cm³/mol. The first kappa shape index (κ1) is 18.1. The molecule has 1 aromatic heterocycles. The zero-order valence-electron chi connectivity index (χ0n) is 14.1. The van der Waals surface area contributed by atoms with Crippen LogP contribution < -0.4 is 5.32 Å². The Balaban J connectivity index is 1.90. The van der Waals surface area contributed by atoms with Crippen LogP contribution in [0, 0.1) is 0 Å². The number of aromatic nitrogens is 2. The van der Waals surface area contributed by atoms with Crippen LogP contribution in [0.25, 0.3) is 11.0 Å². The molecule has 1 saturated carbocycles. The van der Waals surface area contributed by atoms with Crippen molar-refractivity contribution in [2.75, 3.05) is 0 Å². The third-order valence-electron chi connectivity index (χ3n) is 4.06. The van der Waals surface area contributed by atoms with Crippen LogP contribution in [0.1, 0.15) is 38.7 Å². The van der Waals surface area contributed by atoms with Gasteiger partial charge in [-0.15, -0.1) is 0 Å². The first-order valence-electron chi connectivity index (χ1n) is 8.34. The molecule has 136 valence electrons. The Hall–Kier alpha value is -1.70. The quantitative estimate of drug-likeness (QED) is 0.773. The van der Waals surface area contributed by atoms with Crippen LogP contribution in [0.2, 0.25) is 0 Å². The molecule has 1 fully saturated rings. The summed E-state index contributed by atoms with van der Waals surface area (Å²) in [6.45, 7) is 4.30. The van der Waals surface area contributed by atoms with Crippen LogP contribution in [0.15, 0.2) is 23.4 Å². The van der Waals surface area contributed by atoms with Crippen LogP contribution in [0.3, 0.4) is 0 Å². The second kappa shape index (κ2) is 6.90. The summed E-state index contributed by atoms with van der Waals surface area (Å²) < 4.78 is 40.8. The summed E-state index contributed by atoms with van der Waals surface area (Å²) in [6, 6.07) is 3.85. The Morgan fingerprint density at radius 1 is 1.44 bits per heavy atom. The average Bonchev–Trinajstić information content (AvgIpc) is 3.29. The number of rotatable bonds is 6. The van der Waals surface area contributed by atoms with Gasteiger partial charge in [0.05, 0.1) is 21.8 Å². The summed E-state index contributed by atoms with van der Waals surface area (Å²) in [7, 11) is 0. The number of carbonyl (C=O) groups is 1. The summed E-state index contributed by atoms with van der Waals surface area (Å²) in [5.41, 5.74) is 0.279. The molecule has 2 aromatic rings. The van der Waals surface area contributed by atoms with Crippen molar-refractivity contribution in [3.05, 3.63) is 23.8 Å². The lowest BCUT2D eigenvalue weighted by molar-refractivity contribution is -0.137. The number of thioether (sulfide) groups is 1. The number of imidazole rings is 1. The van der Waals surface area contributed by atoms with Gasteiger partial charge < -0.3 is 9.88 Å². The molecule has 4 nitrogen and oxygen atoms in total. The minimum absolute atomic E-state index is 0.0569. The minimum Gasteiger partial charge on any atom is -0.352 e. The lowest BCUT2D eigenvalue weighted by atomic mass is 10.2. The fraction of sp³-hybridized carbons (Fsp3) is 0.529. The minimum atomic E-state index is -4.39. The average molecular weight is 371 g/mol.